The van der Waals surface area contributed by atoms with Crippen LogP contribution in [0.1, 0.15) is 42.2 Å². The van der Waals surface area contributed by atoms with Gasteiger partial charge in [-0.2, -0.15) is 0 Å². The Labute approximate surface area is 192 Å². The van der Waals surface area contributed by atoms with E-state index < -0.39 is 5.91 Å². The van der Waals surface area contributed by atoms with E-state index in [4.69, 9.17) is 0 Å². The van der Waals surface area contributed by atoms with Gasteiger partial charge in [0.1, 0.15) is 5.82 Å². The van der Waals surface area contributed by atoms with Gasteiger partial charge in [0.05, 0.1) is 16.8 Å². The molecule has 7 heteroatoms. The van der Waals surface area contributed by atoms with E-state index in [2.05, 4.69) is 9.88 Å². The second-order valence-corrected chi connectivity index (χ2v) is 8.46. The van der Waals surface area contributed by atoms with Crippen LogP contribution in [0, 0.1) is 13.8 Å². The summed E-state index contributed by atoms with van der Waals surface area (Å²) in [6, 6.07) is 16.3. The molecule has 0 atom stereocenters. The summed E-state index contributed by atoms with van der Waals surface area (Å²) in [5.41, 5.74) is 3.42. The SMILES string of the molecule is Cc1ccc(C)c(N2C(=O)c3ccc(C(=O)N4CCN(c5ccccn5)CC4)cc3C2=O)c1. The number of rotatable bonds is 3. The zero-order valence-corrected chi connectivity index (χ0v) is 18.6. The lowest BCUT2D eigenvalue weighted by atomic mass is 10.0. The molecule has 166 valence electrons. The molecule has 2 aromatic carbocycles. The number of nitrogens with zero attached hydrogens (tertiary/aromatic N) is 4. The molecule has 2 aliphatic heterocycles. The van der Waals surface area contributed by atoms with Gasteiger partial charge in [0.2, 0.25) is 0 Å². The predicted octanol–water partition coefficient (Wildman–Crippen LogP) is 3.46. The molecule has 5 rings (SSSR count). The van der Waals surface area contributed by atoms with Crippen LogP contribution in [0.5, 0.6) is 0 Å². The van der Waals surface area contributed by atoms with E-state index in [0.29, 0.717) is 43.0 Å². The van der Waals surface area contributed by atoms with Crippen LogP contribution >= 0.6 is 0 Å². The minimum atomic E-state index is -0.390. The van der Waals surface area contributed by atoms with Gasteiger partial charge in [0.25, 0.3) is 17.7 Å². The molecule has 0 saturated carbocycles. The third-order valence-corrected chi connectivity index (χ3v) is 6.28. The number of fused-ring (bicyclic) bond motifs is 1. The normalized spacial score (nSPS) is 15.8. The van der Waals surface area contributed by atoms with Crippen molar-refractivity contribution in [1.29, 1.82) is 0 Å². The number of hydrogen-bond acceptors (Lipinski definition) is 5. The number of piperazine rings is 1. The lowest BCUT2D eigenvalue weighted by Gasteiger charge is -2.35. The number of carbonyl (C=O) groups excluding carboxylic acids is 3. The fraction of sp³-hybridized carbons (Fsp3) is 0.231. The number of hydrogen-bond donors (Lipinski definition) is 0. The van der Waals surface area contributed by atoms with Crippen molar-refractivity contribution in [2.45, 2.75) is 13.8 Å². The van der Waals surface area contributed by atoms with Crippen molar-refractivity contribution >= 4 is 29.2 Å². The van der Waals surface area contributed by atoms with E-state index in [0.717, 1.165) is 16.9 Å². The highest BCUT2D eigenvalue weighted by Crippen LogP contribution is 2.32. The van der Waals surface area contributed by atoms with Crippen molar-refractivity contribution in [1.82, 2.24) is 9.88 Å². The number of anilines is 2. The number of benzene rings is 2. The molecule has 33 heavy (non-hydrogen) atoms. The molecule has 3 heterocycles. The maximum Gasteiger partial charge on any atom is 0.266 e. The standard InChI is InChI=1S/C26H24N4O3/c1-17-6-7-18(2)22(15-17)30-25(32)20-9-8-19(16-21(20)26(30)33)24(31)29-13-11-28(12-14-29)23-5-3-4-10-27-23/h3-10,15-16H,11-14H2,1-2H3. The van der Waals surface area contributed by atoms with Crippen LogP contribution in [0.15, 0.2) is 60.8 Å². The lowest BCUT2D eigenvalue weighted by Crippen LogP contribution is -2.49. The molecule has 0 bridgehead atoms. The predicted molar refractivity (Wildman–Crippen MR) is 126 cm³/mol. The summed E-state index contributed by atoms with van der Waals surface area (Å²) in [6.45, 7) is 6.29. The largest absolute Gasteiger partial charge is 0.353 e. The average Bonchev–Trinajstić information content (AvgIpc) is 3.10. The molecule has 0 unspecified atom stereocenters. The van der Waals surface area contributed by atoms with E-state index in [1.54, 1.807) is 29.3 Å². The van der Waals surface area contributed by atoms with Gasteiger partial charge in [0, 0.05) is 37.9 Å². The highest BCUT2D eigenvalue weighted by atomic mass is 16.2. The van der Waals surface area contributed by atoms with Gasteiger partial charge in [0.15, 0.2) is 0 Å². The van der Waals surface area contributed by atoms with Crippen molar-refractivity contribution in [3.63, 3.8) is 0 Å². The highest BCUT2D eigenvalue weighted by molar-refractivity contribution is 6.35. The molecule has 7 nitrogen and oxygen atoms in total. The summed E-state index contributed by atoms with van der Waals surface area (Å²) in [4.78, 5) is 48.9. The van der Waals surface area contributed by atoms with E-state index >= 15 is 0 Å². The van der Waals surface area contributed by atoms with Crippen molar-refractivity contribution in [2.24, 2.45) is 0 Å². The molecule has 0 radical (unpaired) electrons. The Morgan fingerprint density at radius 1 is 0.848 bits per heavy atom. The third-order valence-electron chi connectivity index (χ3n) is 6.28. The Bertz CT molecular complexity index is 1260. The van der Waals surface area contributed by atoms with E-state index in [9.17, 15) is 14.4 Å². The van der Waals surface area contributed by atoms with Crippen LogP contribution in [-0.2, 0) is 0 Å². The first kappa shape index (κ1) is 20.9. The van der Waals surface area contributed by atoms with Crippen molar-refractivity contribution in [2.75, 3.05) is 36.0 Å². The summed E-state index contributed by atoms with van der Waals surface area (Å²) in [5, 5.41) is 0. The first-order chi connectivity index (χ1) is 15.9. The van der Waals surface area contributed by atoms with Crippen molar-refractivity contribution in [3.05, 3.63) is 88.6 Å². The van der Waals surface area contributed by atoms with Crippen LogP contribution in [-0.4, -0.2) is 53.8 Å². The Kier molecular flexibility index (Phi) is 5.17. The molecule has 2 aliphatic rings. The molecular formula is C26H24N4O3. The number of carbonyl (C=O) groups is 3. The molecular weight excluding hydrogens is 416 g/mol. The molecule has 0 aliphatic carbocycles. The maximum atomic E-state index is 13.2. The van der Waals surface area contributed by atoms with E-state index in [1.165, 1.54) is 4.90 Å². The summed E-state index contributed by atoms with van der Waals surface area (Å²) in [6.07, 6.45) is 1.76. The molecule has 1 saturated heterocycles. The van der Waals surface area contributed by atoms with Gasteiger partial charge in [-0.3, -0.25) is 14.4 Å². The second-order valence-electron chi connectivity index (χ2n) is 8.46. The minimum Gasteiger partial charge on any atom is -0.353 e. The van der Waals surface area contributed by atoms with Crippen LogP contribution in [0.2, 0.25) is 0 Å². The first-order valence-electron chi connectivity index (χ1n) is 11.0. The number of aryl methyl sites for hydroxylation is 2. The fourth-order valence-corrected chi connectivity index (χ4v) is 4.41. The average molecular weight is 441 g/mol. The number of aromatic nitrogens is 1. The Morgan fingerprint density at radius 3 is 2.33 bits per heavy atom. The first-order valence-corrected chi connectivity index (χ1v) is 11.0. The van der Waals surface area contributed by atoms with Gasteiger partial charge in [-0.05, 0) is 61.4 Å². The Morgan fingerprint density at radius 2 is 1.61 bits per heavy atom. The zero-order chi connectivity index (χ0) is 23.1. The molecule has 0 N–H and O–H groups in total. The van der Waals surface area contributed by atoms with Crippen LogP contribution in [0.4, 0.5) is 11.5 Å². The van der Waals surface area contributed by atoms with Crippen LogP contribution in [0.25, 0.3) is 0 Å². The van der Waals surface area contributed by atoms with Crippen molar-refractivity contribution < 1.29 is 14.4 Å². The van der Waals surface area contributed by atoms with Crippen LogP contribution < -0.4 is 9.80 Å². The van der Waals surface area contributed by atoms with E-state index in [-0.39, 0.29) is 17.4 Å². The lowest BCUT2D eigenvalue weighted by molar-refractivity contribution is 0.0746. The zero-order valence-electron chi connectivity index (χ0n) is 18.6. The van der Waals surface area contributed by atoms with Gasteiger partial charge in [-0.1, -0.05) is 18.2 Å². The third kappa shape index (κ3) is 3.65. The molecule has 0 spiro atoms. The number of imide groups is 1. The number of pyridine rings is 1. The van der Waals surface area contributed by atoms with Gasteiger partial charge < -0.3 is 9.80 Å². The molecule has 1 fully saturated rings. The Balaban J connectivity index is 1.35. The quantitative estimate of drug-likeness (QED) is 0.583. The van der Waals surface area contributed by atoms with Gasteiger partial charge >= 0.3 is 0 Å². The summed E-state index contributed by atoms with van der Waals surface area (Å²) in [5.74, 6) is 0.0201. The fourth-order valence-electron chi connectivity index (χ4n) is 4.41. The van der Waals surface area contributed by atoms with E-state index in [1.807, 2.05) is 50.2 Å². The summed E-state index contributed by atoms with van der Waals surface area (Å²) in [7, 11) is 0. The minimum absolute atomic E-state index is 0.135. The topological polar surface area (TPSA) is 73.8 Å². The van der Waals surface area contributed by atoms with Gasteiger partial charge in [-0.15, -0.1) is 0 Å². The summed E-state index contributed by atoms with van der Waals surface area (Å²) < 4.78 is 0. The molecule has 3 amide bonds. The summed E-state index contributed by atoms with van der Waals surface area (Å²) >= 11 is 0. The monoisotopic (exact) mass is 440 g/mol. The highest BCUT2D eigenvalue weighted by Gasteiger charge is 2.38. The van der Waals surface area contributed by atoms with Gasteiger partial charge in [-0.25, -0.2) is 9.88 Å². The number of amides is 3. The molecule has 1 aromatic heterocycles. The van der Waals surface area contributed by atoms with Crippen molar-refractivity contribution in [3.8, 4) is 0 Å². The second kappa shape index (κ2) is 8.16. The smallest absolute Gasteiger partial charge is 0.266 e. The van der Waals surface area contributed by atoms with Crippen LogP contribution in [0.3, 0.4) is 0 Å². The Hall–Kier alpha value is -4.00. The molecule has 3 aromatic rings. The maximum absolute atomic E-state index is 13.2.